The Morgan fingerprint density at radius 2 is 2.33 bits per heavy atom. The van der Waals surface area contributed by atoms with E-state index in [4.69, 9.17) is 4.84 Å². The van der Waals surface area contributed by atoms with Gasteiger partial charge in [0, 0.05) is 0 Å². The first-order valence-electron chi connectivity index (χ1n) is 2.79. The van der Waals surface area contributed by atoms with Gasteiger partial charge in [-0.05, 0) is 18.7 Å². The van der Waals surface area contributed by atoms with Crippen molar-refractivity contribution in [2.75, 3.05) is 7.05 Å². The second-order valence-electron chi connectivity index (χ2n) is 2.02. The van der Waals surface area contributed by atoms with Crippen molar-refractivity contribution in [2.24, 2.45) is 0 Å². The quantitative estimate of drug-likeness (QED) is 0.482. The van der Waals surface area contributed by atoms with E-state index >= 15 is 0 Å². The Bertz CT molecular complexity index is 172. The maximum Gasteiger partial charge on any atom is 0.155 e. The molecule has 0 aromatic heterocycles. The first kappa shape index (κ1) is 6.11. The predicted molar refractivity (Wildman–Crippen MR) is 35.7 cm³/mol. The number of hydrogen-bond donors (Lipinski definition) is 0. The van der Waals surface area contributed by atoms with Crippen LogP contribution in [-0.4, -0.2) is 11.7 Å². The molecule has 2 nitrogen and oxygen atoms in total. The number of allylic oxidation sites excluding steroid dienone is 2. The summed E-state index contributed by atoms with van der Waals surface area (Å²) in [4.78, 5) is 5.17. The van der Waals surface area contributed by atoms with Crippen molar-refractivity contribution in [2.45, 2.75) is 0 Å². The first-order chi connectivity index (χ1) is 4.27. The lowest BCUT2D eigenvalue weighted by atomic mass is 10.5. The van der Waals surface area contributed by atoms with Gasteiger partial charge < -0.3 is 4.84 Å². The van der Waals surface area contributed by atoms with Gasteiger partial charge >= 0.3 is 0 Å². The molecule has 0 N–H and O–H groups in total. The van der Waals surface area contributed by atoms with Crippen LogP contribution in [0.2, 0.25) is 0 Å². The molecule has 48 valence electrons. The average Bonchev–Trinajstić information content (AvgIpc) is 1.90. The minimum atomic E-state index is 0.316. The fourth-order valence-electron chi connectivity index (χ4n) is 0.571. The highest BCUT2D eigenvalue weighted by Gasteiger charge is 2.15. The number of quaternary nitrogens is 1. The van der Waals surface area contributed by atoms with E-state index < -0.39 is 0 Å². The average molecular weight is 124 g/mol. The van der Waals surface area contributed by atoms with Crippen LogP contribution < -0.4 is 0 Å². The molecule has 0 saturated heterocycles. The zero-order valence-corrected chi connectivity index (χ0v) is 5.45. The van der Waals surface area contributed by atoms with Crippen LogP contribution in [0, 0.1) is 0 Å². The largest absolute Gasteiger partial charge is 0.313 e. The van der Waals surface area contributed by atoms with E-state index in [0.717, 1.165) is 0 Å². The zero-order chi connectivity index (χ0) is 6.74. The highest BCUT2D eigenvalue weighted by atomic mass is 16.7. The van der Waals surface area contributed by atoms with Gasteiger partial charge in [0.05, 0.1) is 0 Å². The summed E-state index contributed by atoms with van der Waals surface area (Å²) in [5, 5.41) is 0. The Morgan fingerprint density at radius 1 is 1.56 bits per heavy atom. The third-order valence-electron chi connectivity index (χ3n) is 1.22. The van der Waals surface area contributed by atoms with Crippen LogP contribution in [0.5, 0.6) is 0 Å². The fourth-order valence-corrected chi connectivity index (χ4v) is 0.571. The number of nitrogens with zero attached hydrogens (tertiary/aromatic N) is 1. The first-order valence-corrected chi connectivity index (χ1v) is 2.79. The topological polar surface area (TPSA) is 9.23 Å². The molecule has 0 spiro atoms. The van der Waals surface area contributed by atoms with Crippen LogP contribution in [-0.2, 0) is 4.84 Å². The highest BCUT2D eigenvalue weighted by molar-refractivity contribution is 4.98. The van der Waals surface area contributed by atoms with Gasteiger partial charge in [-0.3, -0.25) is 0 Å². The SMILES string of the molecule is C=C[N+]1(C)C=CC=CO1. The van der Waals surface area contributed by atoms with E-state index in [1.54, 1.807) is 12.5 Å². The molecule has 2 heteroatoms. The summed E-state index contributed by atoms with van der Waals surface area (Å²) in [6.45, 7) is 3.62. The lowest BCUT2D eigenvalue weighted by molar-refractivity contribution is -0.999. The summed E-state index contributed by atoms with van der Waals surface area (Å²) in [6, 6.07) is 0. The number of hydroxylamine groups is 3. The molecule has 0 radical (unpaired) electrons. The molecular formula is C7H10NO+. The Balaban J connectivity index is 2.73. The monoisotopic (exact) mass is 124 g/mol. The van der Waals surface area contributed by atoms with Gasteiger partial charge in [0.2, 0.25) is 0 Å². The number of hydrogen-bond acceptors (Lipinski definition) is 1. The molecule has 9 heavy (non-hydrogen) atoms. The van der Waals surface area contributed by atoms with E-state index in [-0.39, 0.29) is 0 Å². The standard InChI is InChI=1S/C7H10NO/c1-3-8(2)6-4-5-7-9-8/h3-7H,1H2,2H3/q+1. The van der Waals surface area contributed by atoms with E-state index in [9.17, 15) is 0 Å². The van der Waals surface area contributed by atoms with Gasteiger partial charge in [-0.25, -0.2) is 0 Å². The lowest BCUT2D eigenvalue weighted by Crippen LogP contribution is -2.30. The third kappa shape index (κ3) is 1.21. The van der Waals surface area contributed by atoms with Crippen molar-refractivity contribution in [1.29, 1.82) is 0 Å². The smallest absolute Gasteiger partial charge is 0.155 e. The summed E-state index contributed by atoms with van der Waals surface area (Å²) in [6.07, 6.45) is 9.00. The van der Waals surface area contributed by atoms with Gasteiger partial charge in [0.15, 0.2) is 6.26 Å². The summed E-state index contributed by atoms with van der Waals surface area (Å²) < 4.78 is 0.316. The fraction of sp³-hybridized carbons (Fsp3) is 0.143. The molecule has 0 amide bonds. The Kier molecular flexibility index (Phi) is 1.40. The molecule has 1 atom stereocenters. The summed E-state index contributed by atoms with van der Waals surface area (Å²) in [5.74, 6) is 0. The van der Waals surface area contributed by atoms with E-state index in [1.165, 1.54) is 0 Å². The van der Waals surface area contributed by atoms with Crippen LogP contribution >= 0.6 is 0 Å². The van der Waals surface area contributed by atoms with Crippen LogP contribution in [0.25, 0.3) is 0 Å². The molecular weight excluding hydrogens is 114 g/mol. The predicted octanol–water partition coefficient (Wildman–Crippen LogP) is 1.55. The Morgan fingerprint density at radius 3 is 2.67 bits per heavy atom. The Labute approximate surface area is 54.9 Å². The molecule has 1 heterocycles. The lowest BCUT2D eigenvalue weighted by Gasteiger charge is -2.22. The second-order valence-corrected chi connectivity index (χ2v) is 2.02. The normalized spacial score (nSPS) is 31.7. The van der Waals surface area contributed by atoms with Gasteiger partial charge in [0.25, 0.3) is 0 Å². The van der Waals surface area contributed by atoms with Crippen molar-refractivity contribution < 1.29 is 9.48 Å². The molecule has 1 rings (SSSR count). The minimum absolute atomic E-state index is 0.316. The maximum absolute atomic E-state index is 5.17. The van der Waals surface area contributed by atoms with E-state index in [1.807, 2.05) is 25.4 Å². The van der Waals surface area contributed by atoms with E-state index in [2.05, 4.69) is 6.58 Å². The maximum atomic E-state index is 5.17. The van der Waals surface area contributed by atoms with E-state index in [0.29, 0.717) is 4.65 Å². The molecule has 1 aliphatic rings. The molecule has 0 saturated carbocycles. The second kappa shape index (κ2) is 2.07. The van der Waals surface area contributed by atoms with Crippen molar-refractivity contribution in [3.8, 4) is 0 Å². The minimum Gasteiger partial charge on any atom is -0.313 e. The van der Waals surface area contributed by atoms with Gasteiger partial charge in [-0.15, -0.1) is 0 Å². The zero-order valence-electron chi connectivity index (χ0n) is 5.45. The highest BCUT2D eigenvalue weighted by Crippen LogP contribution is 2.10. The molecule has 0 aliphatic carbocycles. The number of rotatable bonds is 1. The Hall–Kier alpha value is -1.02. The van der Waals surface area contributed by atoms with Crippen molar-refractivity contribution in [3.63, 3.8) is 0 Å². The van der Waals surface area contributed by atoms with Crippen molar-refractivity contribution >= 4 is 0 Å². The molecule has 0 fully saturated rings. The van der Waals surface area contributed by atoms with Crippen LogP contribution in [0.4, 0.5) is 0 Å². The molecule has 0 bridgehead atoms. The van der Waals surface area contributed by atoms with Crippen molar-refractivity contribution in [1.82, 2.24) is 0 Å². The van der Waals surface area contributed by atoms with Gasteiger partial charge in [0.1, 0.15) is 19.4 Å². The summed E-state index contributed by atoms with van der Waals surface area (Å²) in [5.41, 5.74) is 0. The van der Waals surface area contributed by atoms with Crippen molar-refractivity contribution in [3.05, 3.63) is 37.4 Å². The van der Waals surface area contributed by atoms with Crippen LogP contribution in [0.1, 0.15) is 0 Å². The molecule has 0 aromatic carbocycles. The molecule has 1 aliphatic heterocycles. The molecule has 0 aromatic rings. The van der Waals surface area contributed by atoms with Gasteiger partial charge in [-0.2, -0.15) is 0 Å². The van der Waals surface area contributed by atoms with Crippen LogP contribution in [0.3, 0.4) is 0 Å². The molecule has 1 unspecified atom stereocenters. The third-order valence-corrected chi connectivity index (χ3v) is 1.22. The van der Waals surface area contributed by atoms with Gasteiger partial charge in [-0.1, -0.05) is 4.65 Å². The summed E-state index contributed by atoms with van der Waals surface area (Å²) in [7, 11) is 1.90. The summed E-state index contributed by atoms with van der Waals surface area (Å²) >= 11 is 0. The van der Waals surface area contributed by atoms with Crippen LogP contribution in [0.15, 0.2) is 37.4 Å².